The summed E-state index contributed by atoms with van der Waals surface area (Å²) >= 11 is 0. The van der Waals surface area contributed by atoms with Crippen molar-refractivity contribution in [3.63, 3.8) is 0 Å². The van der Waals surface area contributed by atoms with Crippen LogP contribution in [0.25, 0.3) is 11.0 Å². The van der Waals surface area contributed by atoms with E-state index in [-0.39, 0.29) is 18.7 Å². The third kappa shape index (κ3) is 4.39. The zero-order valence-corrected chi connectivity index (χ0v) is 15.4. The topological polar surface area (TPSA) is 51.5 Å². The lowest BCUT2D eigenvalue weighted by Gasteiger charge is -2.30. The van der Waals surface area contributed by atoms with Crippen LogP contribution in [-0.2, 0) is 4.79 Å². The van der Waals surface area contributed by atoms with Crippen molar-refractivity contribution in [3.05, 3.63) is 30.0 Å². The fraction of sp³-hybridized carbons (Fsp3) is 0.550. The van der Waals surface area contributed by atoms with Crippen LogP contribution in [0, 0.1) is 11.8 Å². The molecule has 0 bridgehead atoms. The zero-order valence-electron chi connectivity index (χ0n) is 15.4. The lowest BCUT2D eigenvalue weighted by Crippen LogP contribution is -2.38. The first-order chi connectivity index (χ1) is 12.8. The smallest absolute Gasteiger partial charge is 0.391 e. The van der Waals surface area contributed by atoms with E-state index in [1.807, 2.05) is 31.2 Å². The van der Waals surface area contributed by atoms with E-state index in [0.717, 1.165) is 5.39 Å². The van der Waals surface area contributed by atoms with Gasteiger partial charge in [0.2, 0.25) is 5.91 Å². The first kappa shape index (κ1) is 19.6. The number of alkyl halides is 3. The van der Waals surface area contributed by atoms with Crippen LogP contribution in [0.4, 0.5) is 13.2 Å². The molecule has 1 fully saturated rings. The molecular formula is C20H24F3NO3. The molecule has 0 aliphatic heterocycles. The number of hydrogen-bond donors (Lipinski definition) is 1. The van der Waals surface area contributed by atoms with Gasteiger partial charge >= 0.3 is 6.18 Å². The van der Waals surface area contributed by atoms with E-state index in [4.69, 9.17) is 9.15 Å². The van der Waals surface area contributed by atoms with Crippen LogP contribution < -0.4 is 10.1 Å². The normalized spacial score (nSPS) is 21.8. The molecule has 1 heterocycles. The summed E-state index contributed by atoms with van der Waals surface area (Å²) in [5.74, 6) is -1.18. The Bertz CT molecular complexity index is 799. The van der Waals surface area contributed by atoms with Crippen molar-refractivity contribution in [2.45, 2.75) is 51.7 Å². The maximum absolute atomic E-state index is 13.0. The first-order valence-electron chi connectivity index (χ1n) is 9.32. The average Bonchev–Trinajstić information content (AvgIpc) is 3.07. The van der Waals surface area contributed by atoms with Gasteiger partial charge in [0.1, 0.15) is 5.76 Å². The van der Waals surface area contributed by atoms with E-state index in [2.05, 4.69) is 5.32 Å². The van der Waals surface area contributed by atoms with Gasteiger partial charge in [-0.3, -0.25) is 4.79 Å². The number of carbonyl (C=O) groups excluding carboxylic acids is 1. The van der Waals surface area contributed by atoms with Crippen molar-refractivity contribution in [2.75, 3.05) is 6.61 Å². The Morgan fingerprint density at radius 3 is 2.85 bits per heavy atom. The lowest BCUT2D eigenvalue weighted by atomic mass is 9.80. The molecule has 1 aliphatic carbocycles. The molecule has 1 aliphatic rings. The highest BCUT2D eigenvalue weighted by molar-refractivity contribution is 5.84. The van der Waals surface area contributed by atoms with Crippen LogP contribution in [0.3, 0.4) is 0 Å². The molecule has 2 aromatic rings. The highest BCUT2D eigenvalue weighted by atomic mass is 19.4. The van der Waals surface area contributed by atoms with Crippen molar-refractivity contribution in [1.82, 2.24) is 5.32 Å². The summed E-state index contributed by atoms with van der Waals surface area (Å²) in [5, 5.41) is 3.66. The highest BCUT2D eigenvalue weighted by Gasteiger charge is 2.43. The van der Waals surface area contributed by atoms with E-state index in [1.165, 1.54) is 0 Å². The minimum atomic E-state index is -4.24. The molecule has 148 valence electrons. The molecule has 27 heavy (non-hydrogen) atoms. The number of para-hydroxylation sites is 1. The van der Waals surface area contributed by atoms with Gasteiger partial charge in [0.25, 0.3) is 0 Å². The predicted molar refractivity (Wildman–Crippen MR) is 95.4 cm³/mol. The Morgan fingerprint density at radius 2 is 2.15 bits per heavy atom. The van der Waals surface area contributed by atoms with Crippen molar-refractivity contribution >= 4 is 16.9 Å². The molecule has 1 saturated carbocycles. The van der Waals surface area contributed by atoms with Gasteiger partial charge in [-0.1, -0.05) is 18.6 Å². The quantitative estimate of drug-likeness (QED) is 0.754. The number of amides is 1. The molecule has 1 aromatic heterocycles. The Morgan fingerprint density at radius 1 is 1.37 bits per heavy atom. The molecule has 3 unspecified atom stereocenters. The summed E-state index contributed by atoms with van der Waals surface area (Å²) in [6.45, 7) is 4.15. The van der Waals surface area contributed by atoms with Crippen molar-refractivity contribution in [2.24, 2.45) is 11.8 Å². The Labute approximate surface area is 156 Å². The molecular weight excluding hydrogens is 359 g/mol. The van der Waals surface area contributed by atoms with Crippen molar-refractivity contribution in [1.29, 1.82) is 0 Å². The number of carbonyl (C=O) groups is 1. The largest absolute Gasteiger partial charge is 0.490 e. The second kappa shape index (κ2) is 7.82. The molecule has 4 nitrogen and oxygen atoms in total. The van der Waals surface area contributed by atoms with Crippen molar-refractivity contribution < 1.29 is 27.1 Å². The zero-order chi connectivity index (χ0) is 19.6. The number of hydrogen-bond acceptors (Lipinski definition) is 3. The fourth-order valence-corrected chi connectivity index (χ4v) is 3.67. The van der Waals surface area contributed by atoms with Crippen LogP contribution in [0.5, 0.6) is 5.75 Å². The minimum absolute atomic E-state index is 0.104. The Kier molecular flexibility index (Phi) is 5.67. The third-order valence-electron chi connectivity index (χ3n) is 5.12. The number of rotatable bonds is 5. The van der Waals surface area contributed by atoms with Gasteiger partial charge in [-0.05, 0) is 45.2 Å². The molecule has 3 atom stereocenters. The third-order valence-corrected chi connectivity index (χ3v) is 5.12. The summed E-state index contributed by atoms with van der Waals surface area (Å²) in [4.78, 5) is 12.5. The van der Waals surface area contributed by atoms with E-state index >= 15 is 0 Å². The summed E-state index contributed by atoms with van der Waals surface area (Å²) in [6.07, 6.45) is -3.37. The second-order valence-corrected chi connectivity index (χ2v) is 7.09. The molecule has 3 rings (SSSR count). The predicted octanol–water partition coefficient (Wildman–Crippen LogP) is 5.38. The molecule has 1 amide bonds. The SMILES string of the molecule is CCOc1cccc2cc(C(C)NC(=O)C3CCCC(C(F)(F)F)C3)oc12. The maximum Gasteiger partial charge on any atom is 0.391 e. The Balaban J connectivity index is 1.69. The maximum atomic E-state index is 13.0. The van der Waals surface area contributed by atoms with Gasteiger partial charge in [-0.25, -0.2) is 0 Å². The van der Waals surface area contributed by atoms with Crippen LogP contribution in [0.15, 0.2) is 28.7 Å². The monoisotopic (exact) mass is 383 g/mol. The van der Waals surface area contributed by atoms with E-state index < -0.39 is 24.1 Å². The summed E-state index contributed by atoms with van der Waals surface area (Å²) in [6, 6.07) is 6.93. The lowest BCUT2D eigenvalue weighted by molar-refractivity contribution is -0.186. The van der Waals surface area contributed by atoms with E-state index in [1.54, 1.807) is 6.92 Å². The van der Waals surface area contributed by atoms with Gasteiger partial charge in [-0.2, -0.15) is 13.2 Å². The first-order valence-corrected chi connectivity index (χ1v) is 9.32. The minimum Gasteiger partial charge on any atom is -0.490 e. The molecule has 0 saturated heterocycles. The molecule has 1 aromatic carbocycles. The number of ether oxygens (including phenoxy) is 1. The van der Waals surface area contributed by atoms with Crippen LogP contribution in [-0.4, -0.2) is 18.7 Å². The number of halogens is 3. The molecule has 0 spiro atoms. The highest BCUT2D eigenvalue weighted by Crippen LogP contribution is 2.40. The van der Waals surface area contributed by atoms with Gasteiger partial charge in [0, 0.05) is 11.3 Å². The average molecular weight is 383 g/mol. The number of benzene rings is 1. The van der Waals surface area contributed by atoms with Gasteiger partial charge < -0.3 is 14.5 Å². The number of fused-ring (bicyclic) bond motifs is 1. The molecule has 1 N–H and O–H groups in total. The fourth-order valence-electron chi connectivity index (χ4n) is 3.67. The number of furan rings is 1. The summed E-state index contributed by atoms with van der Waals surface area (Å²) in [5.41, 5.74) is 0.602. The van der Waals surface area contributed by atoms with E-state index in [9.17, 15) is 18.0 Å². The second-order valence-electron chi connectivity index (χ2n) is 7.09. The summed E-state index contributed by atoms with van der Waals surface area (Å²) < 4.78 is 50.3. The Hall–Kier alpha value is -2.18. The molecule has 0 radical (unpaired) electrons. The standard InChI is InChI=1S/C20H24F3NO3/c1-3-26-16-9-5-6-13-11-17(27-18(13)16)12(2)24-19(25)14-7-4-8-15(10-14)20(21,22)23/h5-6,9,11-12,14-15H,3-4,7-8,10H2,1-2H3,(H,24,25). The van der Waals surface area contributed by atoms with Crippen molar-refractivity contribution in [3.8, 4) is 5.75 Å². The van der Waals surface area contributed by atoms with Gasteiger partial charge in [0.05, 0.1) is 18.6 Å². The number of nitrogens with one attached hydrogen (secondary N) is 1. The van der Waals surface area contributed by atoms with Crippen LogP contribution in [0.1, 0.15) is 51.3 Å². The van der Waals surface area contributed by atoms with Crippen LogP contribution in [0.2, 0.25) is 0 Å². The van der Waals surface area contributed by atoms with Gasteiger partial charge in [0.15, 0.2) is 11.3 Å². The van der Waals surface area contributed by atoms with E-state index in [0.29, 0.717) is 36.5 Å². The molecule has 7 heteroatoms. The van der Waals surface area contributed by atoms with Gasteiger partial charge in [-0.15, -0.1) is 0 Å². The summed E-state index contributed by atoms with van der Waals surface area (Å²) in [7, 11) is 0. The van der Waals surface area contributed by atoms with Crippen LogP contribution >= 0.6 is 0 Å².